The van der Waals surface area contributed by atoms with Crippen molar-refractivity contribution in [3.8, 4) is 0 Å². The highest BCUT2D eigenvalue weighted by Crippen LogP contribution is 2.13. The molecule has 1 saturated heterocycles. The average Bonchev–Trinajstić information content (AvgIpc) is 2.49. The van der Waals surface area contributed by atoms with E-state index in [4.69, 9.17) is 4.74 Å². The highest BCUT2D eigenvalue weighted by Gasteiger charge is 2.20. The Balaban J connectivity index is 2.28. The monoisotopic (exact) mass is 270 g/mol. The molecule has 0 spiro atoms. The van der Waals surface area contributed by atoms with Crippen LogP contribution in [0.5, 0.6) is 0 Å². The van der Waals surface area contributed by atoms with E-state index in [0.29, 0.717) is 18.6 Å². The van der Waals surface area contributed by atoms with E-state index in [1.54, 1.807) is 0 Å². The summed E-state index contributed by atoms with van der Waals surface area (Å²) in [6.45, 7) is 12.8. The molecule has 1 rings (SSSR count). The lowest BCUT2D eigenvalue weighted by atomic mass is 10.1. The summed E-state index contributed by atoms with van der Waals surface area (Å²) in [4.78, 5) is 14.2. The Hall–Kier alpha value is -0.610. The summed E-state index contributed by atoms with van der Waals surface area (Å²) >= 11 is 0. The van der Waals surface area contributed by atoms with E-state index in [1.165, 1.54) is 13.0 Å². The van der Waals surface area contributed by atoms with Gasteiger partial charge in [0.05, 0.1) is 6.54 Å². The van der Waals surface area contributed by atoms with Crippen LogP contribution in [0.3, 0.4) is 0 Å². The molecular weight excluding hydrogens is 240 g/mol. The zero-order valence-corrected chi connectivity index (χ0v) is 13.2. The van der Waals surface area contributed by atoms with E-state index in [9.17, 15) is 4.79 Å². The smallest absolute Gasteiger partial charge is 0.320 e. The topological polar surface area (TPSA) is 41.6 Å². The number of carbonyl (C=O) groups excluding carboxylic acids is 1. The van der Waals surface area contributed by atoms with E-state index < -0.39 is 5.60 Å². The summed E-state index contributed by atoms with van der Waals surface area (Å²) in [6, 6.07) is 1.06. The fourth-order valence-corrected chi connectivity index (χ4v) is 2.44. The van der Waals surface area contributed by atoms with Crippen LogP contribution in [0.2, 0.25) is 0 Å². The van der Waals surface area contributed by atoms with E-state index in [0.717, 1.165) is 19.4 Å². The van der Waals surface area contributed by atoms with E-state index in [-0.39, 0.29) is 5.97 Å². The Morgan fingerprint density at radius 2 is 2.00 bits per heavy atom. The van der Waals surface area contributed by atoms with Gasteiger partial charge < -0.3 is 15.0 Å². The molecule has 0 bridgehead atoms. The summed E-state index contributed by atoms with van der Waals surface area (Å²) in [5, 5.41) is 3.34. The fraction of sp³-hybridized carbons (Fsp3) is 0.933. The first-order chi connectivity index (χ1) is 8.78. The molecule has 1 atom stereocenters. The van der Waals surface area contributed by atoms with Gasteiger partial charge in [0, 0.05) is 12.1 Å². The number of nitrogens with zero attached hydrogens (tertiary/aromatic N) is 1. The Morgan fingerprint density at radius 1 is 1.32 bits per heavy atom. The van der Waals surface area contributed by atoms with Crippen molar-refractivity contribution in [3.63, 3.8) is 0 Å². The molecule has 0 radical (unpaired) electrons. The number of hydrogen-bond acceptors (Lipinski definition) is 4. The molecule has 1 N–H and O–H groups in total. The van der Waals surface area contributed by atoms with Gasteiger partial charge in [0.25, 0.3) is 0 Å². The highest BCUT2D eigenvalue weighted by atomic mass is 16.6. The number of esters is 1. The second kappa shape index (κ2) is 7.25. The van der Waals surface area contributed by atoms with Crippen molar-refractivity contribution in [3.05, 3.63) is 0 Å². The van der Waals surface area contributed by atoms with Gasteiger partial charge in [-0.3, -0.25) is 4.79 Å². The second-order valence-electron chi connectivity index (χ2n) is 6.72. The van der Waals surface area contributed by atoms with Gasteiger partial charge >= 0.3 is 5.97 Å². The zero-order valence-electron chi connectivity index (χ0n) is 13.2. The van der Waals surface area contributed by atoms with Crippen LogP contribution in [0.25, 0.3) is 0 Å². The molecule has 19 heavy (non-hydrogen) atoms. The molecule has 1 fully saturated rings. The molecular formula is C15H30N2O2. The molecule has 0 aromatic heterocycles. The molecule has 0 aromatic rings. The van der Waals surface area contributed by atoms with Gasteiger partial charge in [-0.25, -0.2) is 0 Å². The molecule has 4 nitrogen and oxygen atoms in total. The first kappa shape index (κ1) is 16.4. The van der Waals surface area contributed by atoms with Crippen molar-refractivity contribution in [2.75, 3.05) is 19.6 Å². The van der Waals surface area contributed by atoms with E-state index >= 15 is 0 Å². The summed E-state index contributed by atoms with van der Waals surface area (Å²) < 4.78 is 5.31. The lowest BCUT2D eigenvalue weighted by molar-refractivity contribution is -0.153. The number of likely N-dealkylation sites (tertiary alicyclic amines) is 1. The number of ether oxygens (including phenoxy) is 1. The Morgan fingerprint density at radius 3 is 2.58 bits per heavy atom. The quantitative estimate of drug-likeness (QED) is 0.795. The van der Waals surface area contributed by atoms with Crippen LogP contribution in [0.15, 0.2) is 0 Å². The third kappa shape index (κ3) is 6.92. The molecule has 4 heteroatoms. The maximum absolute atomic E-state index is 11.7. The summed E-state index contributed by atoms with van der Waals surface area (Å²) in [5.41, 5.74) is -0.392. The van der Waals surface area contributed by atoms with Crippen LogP contribution in [-0.2, 0) is 9.53 Å². The third-order valence-electron chi connectivity index (χ3n) is 3.45. The van der Waals surface area contributed by atoms with Gasteiger partial charge in [0.2, 0.25) is 0 Å². The maximum Gasteiger partial charge on any atom is 0.320 e. The minimum Gasteiger partial charge on any atom is -0.459 e. The number of hydrogen-bond donors (Lipinski definition) is 1. The average molecular weight is 270 g/mol. The molecule has 1 heterocycles. The number of rotatable bonds is 4. The summed E-state index contributed by atoms with van der Waals surface area (Å²) in [7, 11) is 0. The minimum absolute atomic E-state index is 0.155. The number of carbonyl (C=O) groups is 1. The van der Waals surface area contributed by atoms with Crippen molar-refractivity contribution in [2.24, 2.45) is 0 Å². The van der Waals surface area contributed by atoms with Gasteiger partial charge in [-0.2, -0.15) is 0 Å². The molecule has 1 aliphatic heterocycles. The van der Waals surface area contributed by atoms with Crippen LogP contribution in [0, 0.1) is 0 Å². The van der Waals surface area contributed by atoms with Gasteiger partial charge in [-0.1, -0.05) is 0 Å². The lowest BCUT2D eigenvalue weighted by Crippen LogP contribution is -2.38. The summed E-state index contributed by atoms with van der Waals surface area (Å²) in [5.74, 6) is -0.155. The molecule has 0 aromatic carbocycles. The third-order valence-corrected chi connectivity index (χ3v) is 3.45. The zero-order chi connectivity index (χ0) is 14.5. The fourth-order valence-electron chi connectivity index (χ4n) is 2.44. The molecule has 0 amide bonds. The highest BCUT2D eigenvalue weighted by molar-refractivity contribution is 5.72. The van der Waals surface area contributed by atoms with Gasteiger partial charge in [-0.05, 0) is 67.0 Å². The number of nitrogens with one attached hydrogen (secondary N) is 1. The van der Waals surface area contributed by atoms with Crippen molar-refractivity contribution in [1.29, 1.82) is 0 Å². The van der Waals surface area contributed by atoms with Crippen LogP contribution >= 0.6 is 0 Å². The van der Waals surface area contributed by atoms with Gasteiger partial charge in [0.1, 0.15) is 5.60 Å². The first-order valence-corrected chi connectivity index (χ1v) is 7.47. The maximum atomic E-state index is 11.7. The van der Waals surface area contributed by atoms with Gasteiger partial charge in [-0.15, -0.1) is 0 Å². The van der Waals surface area contributed by atoms with Crippen LogP contribution in [0.1, 0.15) is 53.9 Å². The molecule has 0 saturated carbocycles. The van der Waals surface area contributed by atoms with Crippen molar-refractivity contribution in [1.82, 2.24) is 10.2 Å². The Bertz CT molecular complexity index is 284. The second-order valence-corrected chi connectivity index (χ2v) is 6.72. The predicted molar refractivity (Wildman–Crippen MR) is 78.2 cm³/mol. The van der Waals surface area contributed by atoms with Gasteiger partial charge in [0.15, 0.2) is 0 Å². The van der Waals surface area contributed by atoms with Crippen molar-refractivity contribution in [2.45, 2.75) is 71.6 Å². The Kier molecular flexibility index (Phi) is 6.27. The van der Waals surface area contributed by atoms with Crippen LogP contribution < -0.4 is 5.32 Å². The molecule has 0 aliphatic carbocycles. The molecule has 1 aliphatic rings. The SMILES string of the molecule is CC(C)N1CCCC(NCC(=O)OC(C)(C)C)CC1. The molecule has 1 unspecified atom stereocenters. The lowest BCUT2D eigenvalue weighted by Gasteiger charge is -2.24. The van der Waals surface area contributed by atoms with Crippen molar-refractivity contribution >= 4 is 5.97 Å². The minimum atomic E-state index is -0.392. The van der Waals surface area contributed by atoms with E-state index in [1.807, 2.05) is 20.8 Å². The first-order valence-electron chi connectivity index (χ1n) is 7.47. The standard InChI is InChI=1S/C15H30N2O2/c1-12(2)17-9-6-7-13(8-10-17)16-11-14(18)19-15(3,4)5/h12-13,16H,6-11H2,1-5H3. The predicted octanol–water partition coefficient (Wildman–Crippen LogP) is 2.18. The van der Waals surface area contributed by atoms with Crippen LogP contribution in [-0.4, -0.2) is 48.2 Å². The van der Waals surface area contributed by atoms with Crippen LogP contribution in [0.4, 0.5) is 0 Å². The van der Waals surface area contributed by atoms with Crippen molar-refractivity contribution < 1.29 is 9.53 Å². The van der Waals surface area contributed by atoms with E-state index in [2.05, 4.69) is 24.1 Å². The summed E-state index contributed by atoms with van der Waals surface area (Å²) in [6.07, 6.45) is 3.46. The molecule has 112 valence electrons. The largest absolute Gasteiger partial charge is 0.459 e. The Labute approximate surface area is 117 Å². The normalized spacial score (nSPS) is 22.3.